The van der Waals surface area contributed by atoms with E-state index in [1.807, 2.05) is 0 Å². The van der Waals surface area contributed by atoms with Crippen LogP contribution in [0.25, 0.3) is 0 Å². The molecule has 3 N–H and O–H groups in total. The highest BCUT2D eigenvalue weighted by Gasteiger charge is 2.33. The molecular formula is C20H23N3O5S. The van der Waals surface area contributed by atoms with Crippen molar-refractivity contribution < 1.29 is 22.7 Å². The number of ether oxygens (including phenoxy) is 1. The molecule has 0 saturated carbocycles. The summed E-state index contributed by atoms with van der Waals surface area (Å²) < 4.78 is 32.3. The smallest absolute Gasteiger partial charge is 0.248 e. The Balaban J connectivity index is 1.71. The number of nitrogens with one attached hydrogen (secondary N) is 1. The van der Waals surface area contributed by atoms with Crippen LogP contribution in [0.2, 0.25) is 0 Å². The van der Waals surface area contributed by atoms with Gasteiger partial charge in [0.15, 0.2) is 0 Å². The molecule has 9 heteroatoms. The van der Waals surface area contributed by atoms with Crippen LogP contribution in [0.5, 0.6) is 5.75 Å². The quantitative estimate of drug-likeness (QED) is 0.743. The predicted molar refractivity (Wildman–Crippen MR) is 108 cm³/mol. The lowest BCUT2D eigenvalue weighted by Crippen LogP contribution is -2.43. The van der Waals surface area contributed by atoms with Crippen molar-refractivity contribution in [1.82, 2.24) is 4.31 Å². The van der Waals surface area contributed by atoms with E-state index in [0.717, 1.165) is 0 Å². The largest absolute Gasteiger partial charge is 0.497 e. The van der Waals surface area contributed by atoms with E-state index in [2.05, 4.69) is 5.32 Å². The number of methoxy groups -OCH3 is 1. The molecule has 1 heterocycles. The van der Waals surface area contributed by atoms with Crippen molar-refractivity contribution >= 4 is 27.5 Å². The Hall–Kier alpha value is -2.91. The predicted octanol–water partition coefficient (Wildman–Crippen LogP) is 1.83. The first kappa shape index (κ1) is 20.8. The molecule has 2 amide bonds. The van der Waals surface area contributed by atoms with Gasteiger partial charge in [0.25, 0.3) is 0 Å². The van der Waals surface area contributed by atoms with Crippen LogP contribution in [-0.4, -0.2) is 44.7 Å². The molecule has 1 fully saturated rings. The number of hydrogen-bond acceptors (Lipinski definition) is 5. The molecule has 2 aromatic carbocycles. The van der Waals surface area contributed by atoms with Crippen molar-refractivity contribution in [2.75, 3.05) is 25.5 Å². The second-order valence-electron chi connectivity index (χ2n) is 6.81. The zero-order valence-electron chi connectivity index (χ0n) is 16.0. The number of piperidine rings is 1. The average Bonchev–Trinajstić information content (AvgIpc) is 2.74. The molecule has 1 aliphatic rings. The van der Waals surface area contributed by atoms with Crippen molar-refractivity contribution in [2.45, 2.75) is 17.7 Å². The molecule has 1 aliphatic heterocycles. The third-order valence-corrected chi connectivity index (χ3v) is 6.75. The van der Waals surface area contributed by atoms with Crippen LogP contribution in [0, 0.1) is 5.92 Å². The van der Waals surface area contributed by atoms with Crippen molar-refractivity contribution in [2.24, 2.45) is 11.7 Å². The number of carbonyl (C=O) groups is 2. The molecule has 8 nitrogen and oxygen atoms in total. The van der Waals surface area contributed by atoms with Gasteiger partial charge in [-0.05, 0) is 55.3 Å². The Morgan fingerprint density at radius 3 is 2.55 bits per heavy atom. The van der Waals surface area contributed by atoms with Gasteiger partial charge in [-0.1, -0.05) is 6.07 Å². The van der Waals surface area contributed by atoms with E-state index in [9.17, 15) is 18.0 Å². The number of benzene rings is 2. The summed E-state index contributed by atoms with van der Waals surface area (Å²) in [5.74, 6) is -0.802. The van der Waals surface area contributed by atoms with Gasteiger partial charge in [-0.3, -0.25) is 9.59 Å². The first-order chi connectivity index (χ1) is 13.8. The van der Waals surface area contributed by atoms with Crippen molar-refractivity contribution in [3.63, 3.8) is 0 Å². The molecule has 1 saturated heterocycles. The maximum absolute atomic E-state index is 12.9. The minimum atomic E-state index is -3.71. The maximum atomic E-state index is 12.9. The Kier molecular flexibility index (Phi) is 6.19. The highest BCUT2D eigenvalue weighted by Crippen LogP contribution is 2.26. The Labute approximate surface area is 169 Å². The standard InChI is InChI=1S/C20H23N3O5S/c1-28-17-7-9-18(10-8-17)29(26,27)23-11-3-5-15(13-23)20(25)22-16-6-2-4-14(12-16)19(21)24/h2,4,6-10,12,15H,3,5,11,13H2,1H3,(H2,21,24)(H,22,25). The number of nitrogens with zero attached hydrogens (tertiary/aromatic N) is 1. The topological polar surface area (TPSA) is 119 Å². The molecule has 154 valence electrons. The van der Waals surface area contributed by atoms with Crippen LogP contribution < -0.4 is 15.8 Å². The van der Waals surface area contributed by atoms with Gasteiger partial charge in [0, 0.05) is 24.3 Å². The highest BCUT2D eigenvalue weighted by molar-refractivity contribution is 7.89. The van der Waals surface area contributed by atoms with Gasteiger partial charge >= 0.3 is 0 Å². The molecule has 1 unspecified atom stereocenters. The lowest BCUT2D eigenvalue weighted by molar-refractivity contribution is -0.120. The number of amides is 2. The fraction of sp³-hybridized carbons (Fsp3) is 0.300. The van der Waals surface area contributed by atoms with E-state index in [0.29, 0.717) is 30.8 Å². The molecule has 0 aromatic heterocycles. The van der Waals surface area contributed by atoms with Crippen molar-refractivity contribution in [1.29, 1.82) is 0 Å². The number of carbonyl (C=O) groups excluding carboxylic acids is 2. The number of primary amides is 1. The number of rotatable bonds is 6. The first-order valence-electron chi connectivity index (χ1n) is 9.16. The van der Waals surface area contributed by atoms with Gasteiger partial charge in [-0.25, -0.2) is 8.42 Å². The fourth-order valence-corrected chi connectivity index (χ4v) is 4.79. The maximum Gasteiger partial charge on any atom is 0.248 e. The minimum absolute atomic E-state index is 0.0930. The van der Waals surface area contributed by atoms with Crippen LogP contribution >= 0.6 is 0 Å². The highest BCUT2D eigenvalue weighted by atomic mass is 32.2. The van der Waals surface area contributed by atoms with Gasteiger partial charge in [-0.15, -0.1) is 0 Å². The van der Waals surface area contributed by atoms with Gasteiger partial charge in [-0.2, -0.15) is 4.31 Å². The molecule has 1 atom stereocenters. The molecule has 0 bridgehead atoms. The van der Waals surface area contributed by atoms with Crippen LogP contribution in [-0.2, 0) is 14.8 Å². The summed E-state index contributed by atoms with van der Waals surface area (Å²) in [4.78, 5) is 24.1. The minimum Gasteiger partial charge on any atom is -0.497 e. The summed E-state index contributed by atoms with van der Waals surface area (Å²) in [6.45, 7) is 0.449. The fourth-order valence-electron chi connectivity index (χ4n) is 3.27. The number of nitrogens with two attached hydrogens (primary N) is 1. The molecule has 29 heavy (non-hydrogen) atoms. The van der Waals surface area contributed by atoms with E-state index < -0.39 is 21.8 Å². The van der Waals surface area contributed by atoms with Gasteiger partial charge in [0.2, 0.25) is 21.8 Å². The van der Waals surface area contributed by atoms with Crippen LogP contribution in [0.1, 0.15) is 23.2 Å². The molecule has 2 aromatic rings. The second-order valence-corrected chi connectivity index (χ2v) is 8.75. The van der Waals surface area contributed by atoms with E-state index in [1.165, 1.54) is 29.6 Å². The van der Waals surface area contributed by atoms with Crippen molar-refractivity contribution in [3.05, 3.63) is 54.1 Å². The van der Waals surface area contributed by atoms with Crippen LogP contribution in [0.4, 0.5) is 5.69 Å². The van der Waals surface area contributed by atoms with E-state index in [-0.39, 0.29) is 22.9 Å². The zero-order valence-corrected chi connectivity index (χ0v) is 16.8. The summed E-state index contributed by atoms with van der Waals surface area (Å²) in [5.41, 5.74) is 6.00. The summed E-state index contributed by atoms with van der Waals surface area (Å²) in [5, 5.41) is 2.75. The van der Waals surface area contributed by atoms with E-state index >= 15 is 0 Å². The van der Waals surface area contributed by atoms with Gasteiger partial charge in [0.05, 0.1) is 17.9 Å². The van der Waals surface area contributed by atoms with Crippen LogP contribution in [0.15, 0.2) is 53.4 Å². The normalized spacial score (nSPS) is 17.5. The lowest BCUT2D eigenvalue weighted by atomic mass is 9.98. The molecule has 0 spiro atoms. The van der Waals surface area contributed by atoms with E-state index in [1.54, 1.807) is 30.3 Å². The molecule has 3 rings (SSSR count). The number of sulfonamides is 1. The number of hydrogen-bond donors (Lipinski definition) is 2. The third-order valence-electron chi connectivity index (χ3n) is 4.87. The Bertz CT molecular complexity index is 1010. The number of anilines is 1. The molecule has 0 aliphatic carbocycles. The summed E-state index contributed by atoms with van der Waals surface area (Å²) >= 11 is 0. The van der Waals surface area contributed by atoms with Gasteiger partial charge in [0.1, 0.15) is 5.75 Å². The summed E-state index contributed by atoms with van der Waals surface area (Å²) in [6, 6.07) is 12.5. The van der Waals surface area contributed by atoms with Crippen molar-refractivity contribution in [3.8, 4) is 5.75 Å². The zero-order chi connectivity index (χ0) is 21.0. The average molecular weight is 417 g/mol. The SMILES string of the molecule is COc1ccc(S(=O)(=O)N2CCCC(C(=O)Nc3cccc(C(N)=O)c3)C2)cc1. The summed E-state index contributed by atoms with van der Waals surface area (Å²) in [6.07, 6.45) is 1.16. The summed E-state index contributed by atoms with van der Waals surface area (Å²) in [7, 11) is -2.20. The monoisotopic (exact) mass is 417 g/mol. The second kappa shape index (κ2) is 8.62. The molecular weight excluding hydrogens is 394 g/mol. The van der Waals surface area contributed by atoms with E-state index in [4.69, 9.17) is 10.5 Å². The molecule has 0 radical (unpaired) electrons. The Morgan fingerprint density at radius 2 is 1.90 bits per heavy atom. The third kappa shape index (κ3) is 4.75. The van der Waals surface area contributed by atoms with Gasteiger partial charge < -0.3 is 15.8 Å². The Morgan fingerprint density at radius 1 is 1.17 bits per heavy atom. The first-order valence-corrected chi connectivity index (χ1v) is 10.6. The lowest BCUT2D eigenvalue weighted by Gasteiger charge is -2.31. The van der Waals surface area contributed by atoms with Crippen LogP contribution in [0.3, 0.4) is 0 Å².